The molecule has 2 atom stereocenters. The number of halogens is 1. The average Bonchev–Trinajstić information content (AvgIpc) is 2.50. The van der Waals surface area contributed by atoms with Crippen molar-refractivity contribution in [3.63, 3.8) is 0 Å². The number of amides is 1. The van der Waals surface area contributed by atoms with Crippen LogP contribution in [0.1, 0.15) is 38.5 Å². The minimum absolute atomic E-state index is 0.105. The molecule has 1 amide bonds. The van der Waals surface area contributed by atoms with Gasteiger partial charge in [-0.05, 0) is 66.2 Å². The van der Waals surface area contributed by atoms with E-state index in [0.29, 0.717) is 12.6 Å². The van der Waals surface area contributed by atoms with E-state index < -0.39 is 0 Å². The van der Waals surface area contributed by atoms with E-state index in [4.69, 9.17) is 0 Å². The number of piperidine rings is 1. The molecule has 4 heteroatoms. The summed E-state index contributed by atoms with van der Waals surface area (Å²) in [7, 11) is 0. The van der Waals surface area contributed by atoms with E-state index >= 15 is 0 Å². The van der Waals surface area contributed by atoms with E-state index in [9.17, 15) is 4.79 Å². The van der Waals surface area contributed by atoms with E-state index in [1.807, 2.05) is 24.3 Å². The van der Waals surface area contributed by atoms with Gasteiger partial charge in [-0.25, -0.2) is 0 Å². The maximum atomic E-state index is 12.3. The molecule has 2 aliphatic rings. The molecule has 1 aromatic carbocycles. The van der Waals surface area contributed by atoms with Gasteiger partial charge in [-0.1, -0.05) is 25.0 Å². The van der Waals surface area contributed by atoms with Gasteiger partial charge in [0.15, 0.2) is 0 Å². The third-order valence-electron chi connectivity index (χ3n) is 4.85. The number of benzene rings is 1. The number of carbonyl (C=O) groups excluding carboxylic acids is 1. The second-order valence-corrected chi connectivity index (χ2v) is 7.11. The summed E-state index contributed by atoms with van der Waals surface area (Å²) in [6.45, 7) is 1.60. The van der Waals surface area contributed by atoms with Gasteiger partial charge in [0.2, 0.25) is 5.91 Å². The Kier molecular flexibility index (Phi) is 4.96. The predicted molar refractivity (Wildman–Crippen MR) is 89.3 cm³/mol. The molecular weight excluding hydrogens is 328 g/mol. The lowest BCUT2D eigenvalue weighted by atomic mass is 9.78. The largest absolute Gasteiger partial charge is 0.324 e. The van der Waals surface area contributed by atoms with Crippen LogP contribution in [0.4, 0.5) is 5.69 Å². The van der Waals surface area contributed by atoms with Crippen molar-refractivity contribution < 1.29 is 4.79 Å². The minimum Gasteiger partial charge on any atom is -0.324 e. The minimum atomic E-state index is 0.105. The number of nitrogens with one attached hydrogen (secondary N) is 1. The zero-order chi connectivity index (χ0) is 14.7. The lowest BCUT2D eigenvalue weighted by Crippen LogP contribution is -2.49. The van der Waals surface area contributed by atoms with E-state index in [2.05, 4.69) is 26.1 Å². The molecule has 1 aromatic rings. The molecule has 0 unspecified atom stereocenters. The first-order chi connectivity index (χ1) is 10.2. The SMILES string of the molecule is O=C(CN1CCC[C@H]2CCCC[C@@H]21)Nc1ccccc1Br. The molecule has 1 heterocycles. The highest BCUT2D eigenvalue weighted by molar-refractivity contribution is 9.10. The Labute approximate surface area is 135 Å². The van der Waals surface area contributed by atoms with Crippen LogP contribution in [0.2, 0.25) is 0 Å². The quantitative estimate of drug-likeness (QED) is 0.891. The third-order valence-corrected chi connectivity index (χ3v) is 5.54. The lowest BCUT2D eigenvalue weighted by molar-refractivity contribution is -0.118. The van der Waals surface area contributed by atoms with Gasteiger partial charge in [0.25, 0.3) is 0 Å². The monoisotopic (exact) mass is 350 g/mol. The molecule has 1 saturated heterocycles. The topological polar surface area (TPSA) is 32.3 Å². The van der Waals surface area contributed by atoms with Gasteiger partial charge in [-0.2, -0.15) is 0 Å². The number of hydrogen-bond acceptors (Lipinski definition) is 2. The summed E-state index contributed by atoms with van der Waals surface area (Å²) in [5.74, 6) is 0.928. The zero-order valence-electron chi connectivity index (χ0n) is 12.4. The summed E-state index contributed by atoms with van der Waals surface area (Å²) in [4.78, 5) is 14.7. The number of para-hydroxylation sites is 1. The summed E-state index contributed by atoms with van der Waals surface area (Å²) in [5, 5.41) is 3.03. The number of carbonyl (C=O) groups is 1. The van der Waals surface area contributed by atoms with Gasteiger partial charge < -0.3 is 5.32 Å². The van der Waals surface area contributed by atoms with Gasteiger partial charge in [-0.15, -0.1) is 0 Å². The molecule has 0 bridgehead atoms. The molecule has 3 nitrogen and oxygen atoms in total. The highest BCUT2D eigenvalue weighted by Gasteiger charge is 2.33. The Morgan fingerprint density at radius 2 is 1.95 bits per heavy atom. The smallest absolute Gasteiger partial charge is 0.238 e. The van der Waals surface area contributed by atoms with Crippen molar-refractivity contribution in [2.75, 3.05) is 18.4 Å². The van der Waals surface area contributed by atoms with E-state index in [-0.39, 0.29) is 5.91 Å². The number of nitrogens with zero attached hydrogens (tertiary/aromatic N) is 1. The van der Waals surface area contributed by atoms with Gasteiger partial charge >= 0.3 is 0 Å². The molecule has 0 aromatic heterocycles. The van der Waals surface area contributed by atoms with Gasteiger partial charge in [0.05, 0.1) is 12.2 Å². The fraction of sp³-hybridized carbons (Fsp3) is 0.588. The normalized spacial score (nSPS) is 26.1. The second kappa shape index (κ2) is 6.93. The van der Waals surface area contributed by atoms with E-state index in [1.165, 1.54) is 38.5 Å². The van der Waals surface area contributed by atoms with Crippen LogP contribution in [0.5, 0.6) is 0 Å². The summed E-state index contributed by atoms with van der Waals surface area (Å²) >= 11 is 3.48. The Hall–Kier alpha value is -0.870. The van der Waals surface area contributed by atoms with Crippen molar-refractivity contribution in [2.45, 2.75) is 44.6 Å². The summed E-state index contributed by atoms with van der Waals surface area (Å²) in [6, 6.07) is 8.42. The van der Waals surface area contributed by atoms with Crippen molar-refractivity contribution >= 4 is 27.5 Å². The second-order valence-electron chi connectivity index (χ2n) is 6.25. The Bertz CT molecular complexity index is 503. The number of anilines is 1. The number of rotatable bonds is 3. The first-order valence-electron chi connectivity index (χ1n) is 8.02. The van der Waals surface area contributed by atoms with Crippen LogP contribution >= 0.6 is 15.9 Å². The van der Waals surface area contributed by atoms with Gasteiger partial charge in [0, 0.05) is 10.5 Å². The maximum Gasteiger partial charge on any atom is 0.238 e. The first-order valence-corrected chi connectivity index (χ1v) is 8.82. The van der Waals surface area contributed by atoms with Crippen LogP contribution in [0.15, 0.2) is 28.7 Å². The first kappa shape index (κ1) is 15.0. The summed E-state index contributed by atoms with van der Waals surface area (Å²) in [5.41, 5.74) is 0.861. The highest BCUT2D eigenvalue weighted by atomic mass is 79.9. The van der Waals surface area contributed by atoms with Gasteiger partial charge in [0.1, 0.15) is 0 Å². The van der Waals surface area contributed by atoms with Crippen molar-refractivity contribution in [3.05, 3.63) is 28.7 Å². The number of fused-ring (bicyclic) bond motifs is 1. The molecule has 1 aliphatic heterocycles. The predicted octanol–water partition coefficient (Wildman–Crippen LogP) is 4.04. The molecule has 114 valence electrons. The van der Waals surface area contributed by atoms with Crippen molar-refractivity contribution in [2.24, 2.45) is 5.92 Å². The van der Waals surface area contributed by atoms with Crippen LogP contribution in [0.25, 0.3) is 0 Å². The molecule has 3 rings (SSSR count). The summed E-state index contributed by atoms with van der Waals surface area (Å²) in [6.07, 6.45) is 7.91. The van der Waals surface area contributed by atoms with Crippen molar-refractivity contribution in [1.29, 1.82) is 0 Å². The molecule has 0 spiro atoms. The molecule has 0 radical (unpaired) electrons. The van der Waals surface area contributed by atoms with Crippen LogP contribution < -0.4 is 5.32 Å². The average molecular weight is 351 g/mol. The van der Waals surface area contributed by atoms with Crippen molar-refractivity contribution in [3.8, 4) is 0 Å². The number of likely N-dealkylation sites (tertiary alicyclic amines) is 1. The Balaban J connectivity index is 1.60. The van der Waals surface area contributed by atoms with Crippen LogP contribution in [0.3, 0.4) is 0 Å². The number of hydrogen-bond donors (Lipinski definition) is 1. The maximum absolute atomic E-state index is 12.3. The molecule has 1 saturated carbocycles. The Morgan fingerprint density at radius 1 is 1.19 bits per heavy atom. The Morgan fingerprint density at radius 3 is 2.81 bits per heavy atom. The molecule has 1 N–H and O–H groups in total. The zero-order valence-corrected chi connectivity index (χ0v) is 13.9. The lowest BCUT2D eigenvalue weighted by Gasteiger charge is -2.43. The molecule has 2 fully saturated rings. The van der Waals surface area contributed by atoms with Gasteiger partial charge in [-0.3, -0.25) is 9.69 Å². The fourth-order valence-electron chi connectivity index (χ4n) is 3.86. The van der Waals surface area contributed by atoms with Crippen LogP contribution in [-0.4, -0.2) is 29.9 Å². The molecule has 21 heavy (non-hydrogen) atoms. The van der Waals surface area contributed by atoms with Crippen LogP contribution in [-0.2, 0) is 4.79 Å². The van der Waals surface area contributed by atoms with Crippen LogP contribution in [0, 0.1) is 5.92 Å². The highest BCUT2D eigenvalue weighted by Crippen LogP contribution is 2.35. The molecular formula is C17H23BrN2O. The van der Waals surface area contributed by atoms with E-state index in [0.717, 1.165) is 22.6 Å². The standard InChI is InChI=1S/C17H23BrN2O/c18-14-8-2-3-9-15(14)19-17(21)12-20-11-5-7-13-6-1-4-10-16(13)20/h2-3,8-9,13,16H,1,4-7,10-12H2,(H,19,21)/t13-,16+/m1/s1. The third kappa shape index (κ3) is 3.67. The summed E-state index contributed by atoms with van der Waals surface area (Å²) < 4.78 is 0.938. The molecule has 1 aliphatic carbocycles. The fourth-order valence-corrected chi connectivity index (χ4v) is 4.24. The van der Waals surface area contributed by atoms with E-state index in [1.54, 1.807) is 0 Å². The van der Waals surface area contributed by atoms with Crippen molar-refractivity contribution in [1.82, 2.24) is 4.90 Å².